The van der Waals surface area contributed by atoms with Gasteiger partial charge in [-0.2, -0.15) is 0 Å². The molecule has 0 aliphatic carbocycles. The number of carbonyl (C=O) groups is 1. The number of rotatable bonds is 8. The maximum absolute atomic E-state index is 12.1. The molecule has 0 aromatic heterocycles. The Labute approximate surface area is 185 Å². The van der Waals surface area contributed by atoms with Crippen LogP contribution in [-0.2, 0) is 4.79 Å². The maximum Gasteiger partial charge on any atom is 0.243 e. The van der Waals surface area contributed by atoms with Crippen LogP contribution in [0, 0.1) is 0 Å². The number of aliphatic imine (C=N–C) groups is 1. The van der Waals surface area contributed by atoms with Crippen molar-refractivity contribution in [3.05, 3.63) is 60.2 Å². The molecular weight excluding hydrogens is 390 g/mol. The molecule has 1 aliphatic rings. The highest BCUT2D eigenvalue weighted by atomic mass is 16.5. The number of benzene rings is 2. The lowest BCUT2D eigenvalue weighted by molar-refractivity contribution is -0.127. The monoisotopic (exact) mass is 423 g/mol. The highest BCUT2D eigenvalue weighted by Gasteiger charge is 2.22. The molecule has 31 heavy (non-hydrogen) atoms. The number of anilines is 1. The van der Waals surface area contributed by atoms with Gasteiger partial charge in [0.1, 0.15) is 12.3 Å². The number of hydrogen-bond acceptors (Lipinski definition) is 4. The topological polar surface area (TPSA) is 69.2 Å². The SMILES string of the molecule is CN(C)C(=O)CN=C(NCCCN(C)c1ccccc1)NC1CCOc2ccccc21. The Morgan fingerprint density at radius 1 is 1.10 bits per heavy atom. The van der Waals surface area contributed by atoms with E-state index in [1.807, 2.05) is 36.4 Å². The minimum Gasteiger partial charge on any atom is -0.493 e. The number of ether oxygens (including phenoxy) is 1. The van der Waals surface area contributed by atoms with Crippen LogP contribution in [0.25, 0.3) is 0 Å². The number of guanidine groups is 1. The van der Waals surface area contributed by atoms with Gasteiger partial charge in [0.25, 0.3) is 0 Å². The quantitative estimate of drug-likeness (QED) is 0.388. The minimum atomic E-state index is -0.0303. The molecule has 7 heteroatoms. The Bertz CT molecular complexity index is 869. The number of carbonyl (C=O) groups excluding carboxylic acids is 1. The summed E-state index contributed by atoms with van der Waals surface area (Å²) in [6.45, 7) is 2.43. The van der Waals surface area contributed by atoms with Gasteiger partial charge < -0.3 is 25.2 Å². The first kappa shape index (κ1) is 22.5. The molecule has 1 aliphatic heterocycles. The standard InChI is InChI=1S/C24H33N5O2/c1-28(2)23(30)18-26-24(25-15-9-16-29(3)19-10-5-4-6-11-19)27-21-14-17-31-22-13-8-7-12-20(21)22/h4-8,10-13,21H,9,14-18H2,1-3H3,(H2,25,26,27). The van der Waals surface area contributed by atoms with E-state index in [2.05, 4.69) is 45.8 Å². The fourth-order valence-corrected chi connectivity index (χ4v) is 3.43. The first-order valence-corrected chi connectivity index (χ1v) is 10.8. The van der Waals surface area contributed by atoms with Gasteiger partial charge in [-0.15, -0.1) is 0 Å². The predicted octanol–water partition coefficient (Wildman–Crippen LogP) is 2.66. The Hall–Kier alpha value is -3.22. The van der Waals surface area contributed by atoms with Gasteiger partial charge in [-0.05, 0) is 24.6 Å². The zero-order chi connectivity index (χ0) is 22.1. The van der Waals surface area contributed by atoms with Crippen LogP contribution in [0.1, 0.15) is 24.4 Å². The van der Waals surface area contributed by atoms with Crippen molar-refractivity contribution in [2.45, 2.75) is 18.9 Å². The second-order valence-electron chi connectivity index (χ2n) is 7.86. The van der Waals surface area contributed by atoms with E-state index in [-0.39, 0.29) is 18.5 Å². The Kier molecular flexibility index (Phi) is 8.15. The zero-order valence-corrected chi connectivity index (χ0v) is 18.7. The lowest BCUT2D eigenvalue weighted by atomic mass is 10.0. The van der Waals surface area contributed by atoms with Crippen molar-refractivity contribution in [3.8, 4) is 5.75 Å². The summed E-state index contributed by atoms with van der Waals surface area (Å²) in [4.78, 5) is 20.4. The van der Waals surface area contributed by atoms with Crippen molar-refractivity contribution in [3.63, 3.8) is 0 Å². The summed E-state index contributed by atoms with van der Waals surface area (Å²) in [5, 5.41) is 6.90. The van der Waals surface area contributed by atoms with Crippen LogP contribution in [0.4, 0.5) is 5.69 Å². The van der Waals surface area contributed by atoms with E-state index in [0.29, 0.717) is 12.6 Å². The van der Waals surface area contributed by atoms with Crippen molar-refractivity contribution in [1.82, 2.24) is 15.5 Å². The predicted molar refractivity (Wildman–Crippen MR) is 126 cm³/mol. The van der Waals surface area contributed by atoms with Gasteiger partial charge in [0.15, 0.2) is 5.96 Å². The largest absolute Gasteiger partial charge is 0.493 e. The molecule has 1 amide bonds. The van der Waals surface area contributed by atoms with Crippen LogP contribution in [0.3, 0.4) is 0 Å². The number of fused-ring (bicyclic) bond motifs is 1. The summed E-state index contributed by atoms with van der Waals surface area (Å²) in [5.41, 5.74) is 2.32. The van der Waals surface area contributed by atoms with Gasteiger partial charge in [-0.25, -0.2) is 4.99 Å². The molecule has 1 heterocycles. The molecule has 2 aromatic rings. The third-order valence-electron chi connectivity index (χ3n) is 5.30. The second-order valence-corrected chi connectivity index (χ2v) is 7.86. The zero-order valence-electron chi connectivity index (χ0n) is 18.7. The molecule has 3 rings (SSSR count). The highest BCUT2D eigenvalue weighted by Crippen LogP contribution is 2.31. The molecule has 1 unspecified atom stereocenters. The third-order valence-corrected chi connectivity index (χ3v) is 5.30. The van der Waals surface area contributed by atoms with E-state index in [0.717, 1.165) is 37.2 Å². The molecule has 0 bridgehead atoms. The van der Waals surface area contributed by atoms with Crippen LogP contribution in [0.2, 0.25) is 0 Å². The molecule has 0 saturated carbocycles. The van der Waals surface area contributed by atoms with Gasteiger partial charge in [0.05, 0.1) is 12.6 Å². The second kappa shape index (κ2) is 11.2. The molecule has 0 radical (unpaired) electrons. The Morgan fingerprint density at radius 2 is 1.84 bits per heavy atom. The van der Waals surface area contributed by atoms with Crippen molar-refractivity contribution >= 4 is 17.6 Å². The first-order chi connectivity index (χ1) is 15.0. The molecule has 2 N–H and O–H groups in total. The summed E-state index contributed by atoms with van der Waals surface area (Å²) in [7, 11) is 5.58. The summed E-state index contributed by atoms with van der Waals surface area (Å²) < 4.78 is 5.77. The van der Waals surface area contributed by atoms with Crippen molar-refractivity contribution in [1.29, 1.82) is 0 Å². The van der Waals surface area contributed by atoms with Crippen molar-refractivity contribution in [2.75, 3.05) is 52.3 Å². The van der Waals surface area contributed by atoms with Gasteiger partial charge in [-0.3, -0.25) is 4.79 Å². The van der Waals surface area contributed by atoms with Gasteiger partial charge in [-0.1, -0.05) is 36.4 Å². The lowest BCUT2D eigenvalue weighted by Gasteiger charge is -2.28. The van der Waals surface area contributed by atoms with Crippen LogP contribution < -0.4 is 20.3 Å². The van der Waals surface area contributed by atoms with E-state index in [9.17, 15) is 4.79 Å². The summed E-state index contributed by atoms with van der Waals surface area (Å²) in [5.74, 6) is 1.52. The van der Waals surface area contributed by atoms with Crippen LogP contribution >= 0.6 is 0 Å². The minimum absolute atomic E-state index is 0.0303. The molecular formula is C24H33N5O2. The molecule has 0 saturated heterocycles. The van der Waals surface area contributed by atoms with E-state index in [4.69, 9.17) is 4.74 Å². The molecule has 1 atom stereocenters. The van der Waals surface area contributed by atoms with E-state index in [1.165, 1.54) is 5.69 Å². The number of amides is 1. The van der Waals surface area contributed by atoms with Gasteiger partial charge in [0, 0.05) is 51.9 Å². The smallest absolute Gasteiger partial charge is 0.243 e. The van der Waals surface area contributed by atoms with E-state index in [1.54, 1.807) is 19.0 Å². The third kappa shape index (κ3) is 6.64. The molecule has 2 aromatic carbocycles. The fraction of sp³-hybridized carbons (Fsp3) is 0.417. The summed E-state index contributed by atoms with van der Waals surface area (Å²) in [6, 6.07) is 18.5. The molecule has 166 valence electrons. The number of para-hydroxylation sites is 2. The van der Waals surface area contributed by atoms with Gasteiger partial charge in [0.2, 0.25) is 5.91 Å². The van der Waals surface area contributed by atoms with Crippen molar-refractivity contribution in [2.24, 2.45) is 4.99 Å². The van der Waals surface area contributed by atoms with Gasteiger partial charge >= 0.3 is 0 Å². The van der Waals surface area contributed by atoms with E-state index < -0.39 is 0 Å². The average molecular weight is 424 g/mol. The number of hydrogen-bond donors (Lipinski definition) is 2. The van der Waals surface area contributed by atoms with Crippen LogP contribution in [-0.4, -0.2) is 64.2 Å². The number of nitrogens with one attached hydrogen (secondary N) is 2. The Balaban J connectivity index is 1.59. The molecule has 0 spiro atoms. The van der Waals surface area contributed by atoms with Crippen LogP contribution in [0.5, 0.6) is 5.75 Å². The van der Waals surface area contributed by atoms with Crippen LogP contribution in [0.15, 0.2) is 59.6 Å². The van der Waals surface area contributed by atoms with E-state index >= 15 is 0 Å². The van der Waals surface area contributed by atoms with Crippen molar-refractivity contribution < 1.29 is 9.53 Å². The maximum atomic E-state index is 12.1. The summed E-state index contributed by atoms with van der Waals surface area (Å²) >= 11 is 0. The normalized spacial score (nSPS) is 15.5. The summed E-state index contributed by atoms with van der Waals surface area (Å²) in [6.07, 6.45) is 1.79. The lowest BCUT2D eigenvalue weighted by Crippen LogP contribution is -2.42. The average Bonchev–Trinajstić information content (AvgIpc) is 2.80. The Morgan fingerprint density at radius 3 is 2.61 bits per heavy atom. The molecule has 0 fully saturated rings. The first-order valence-electron chi connectivity index (χ1n) is 10.8. The fourth-order valence-electron chi connectivity index (χ4n) is 3.43. The number of likely N-dealkylation sites (N-methyl/N-ethyl adjacent to an activating group) is 1. The highest BCUT2D eigenvalue weighted by molar-refractivity contribution is 5.85. The molecule has 7 nitrogen and oxygen atoms in total. The number of nitrogens with zero attached hydrogens (tertiary/aromatic N) is 3.